The average Bonchev–Trinajstić information content (AvgIpc) is 2.72. The second-order valence-electron chi connectivity index (χ2n) is 7.05. The quantitative estimate of drug-likeness (QED) is 0.715. The Labute approximate surface area is 159 Å². The highest BCUT2D eigenvalue weighted by Gasteiger charge is 2.31. The molecule has 3 aromatic carbocycles. The van der Waals surface area contributed by atoms with E-state index in [-0.39, 0.29) is 12.0 Å². The van der Waals surface area contributed by atoms with Crippen LogP contribution in [0.15, 0.2) is 72.8 Å². The third-order valence-electron chi connectivity index (χ3n) is 5.32. The normalized spacial score (nSPS) is 19.9. The summed E-state index contributed by atoms with van der Waals surface area (Å²) in [6, 6.07) is 24.7. The number of hydrogen-bond acceptors (Lipinski definition) is 3. The van der Waals surface area contributed by atoms with E-state index in [1.165, 1.54) is 21.2 Å². The molecule has 4 heteroatoms. The molecule has 0 aromatic heterocycles. The standard InChI is InChI=1S/C23H23NO3/c25-23(26)24-13-12-21(19-7-2-1-3-8-19)22(15-24)27-16-17-10-11-18-6-4-5-9-20(18)14-17/h1-11,14,21-22H,12-13,15-16H2,(H,25,26)/p-1. The minimum atomic E-state index is -1.12. The van der Waals surface area contributed by atoms with Gasteiger partial charge in [0, 0.05) is 19.0 Å². The first-order valence-electron chi connectivity index (χ1n) is 9.31. The van der Waals surface area contributed by atoms with Gasteiger partial charge in [0.1, 0.15) is 6.09 Å². The minimum Gasteiger partial charge on any atom is -0.530 e. The molecule has 4 nitrogen and oxygen atoms in total. The molecule has 138 valence electrons. The van der Waals surface area contributed by atoms with Crippen LogP contribution < -0.4 is 5.11 Å². The number of fused-ring (bicyclic) bond motifs is 1. The fourth-order valence-corrected chi connectivity index (χ4v) is 3.86. The van der Waals surface area contributed by atoms with Crippen LogP contribution >= 0.6 is 0 Å². The van der Waals surface area contributed by atoms with Crippen LogP contribution in [-0.4, -0.2) is 30.2 Å². The molecule has 1 saturated heterocycles. The van der Waals surface area contributed by atoms with Gasteiger partial charge < -0.3 is 19.5 Å². The fraction of sp³-hybridized carbons (Fsp3) is 0.261. The Bertz CT molecular complexity index is 925. The number of nitrogens with zero attached hydrogens (tertiary/aromatic N) is 1. The SMILES string of the molecule is O=C([O-])N1CCC(c2ccccc2)C(OCc2ccc3ccccc3c2)C1. The number of likely N-dealkylation sites (tertiary alicyclic amines) is 1. The van der Waals surface area contributed by atoms with E-state index in [4.69, 9.17) is 4.74 Å². The van der Waals surface area contributed by atoms with E-state index in [9.17, 15) is 9.90 Å². The van der Waals surface area contributed by atoms with Gasteiger partial charge in [0.2, 0.25) is 0 Å². The van der Waals surface area contributed by atoms with Crippen molar-refractivity contribution in [3.8, 4) is 0 Å². The first-order valence-corrected chi connectivity index (χ1v) is 9.31. The van der Waals surface area contributed by atoms with Crippen LogP contribution in [0, 0.1) is 0 Å². The van der Waals surface area contributed by atoms with Crippen molar-refractivity contribution in [1.82, 2.24) is 4.90 Å². The van der Waals surface area contributed by atoms with Crippen LogP contribution in [0.1, 0.15) is 23.5 Å². The third-order valence-corrected chi connectivity index (χ3v) is 5.32. The Morgan fingerprint density at radius 3 is 2.52 bits per heavy atom. The van der Waals surface area contributed by atoms with Gasteiger partial charge in [-0.3, -0.25) is 0 Å². The van der Waals surface area contributed by atoms with E-state index in [0.717, 1.165) is 12.0 Å². The molecule has 27 heavy (non-hydrogen) atoms. The van der Waals surface area contributed by atoms with Gasteiger partial charge in [-0.25, -0.2) is 0 Å². The zero-order chi connectivity index (χ0) is 18.6. The van der Waals surface area contributed by atoms with Crippen LogP contribution in [0.3, 0.4) is 0 Å². The van der Waals surface area contributed by atoms with Crippen LogP contribution in [0.25, 0.3) is 10.8 Å². The van der Waals surface area contributed by atoms with Gasteiger partial charge in [-0.05, 0) is 34.4 Å². The van der Waals surface area contributed by atoms with Gasteiger partial charge in [0.25, 0.3) is 0 Å². The Morgan fingerprint density at radius 2 is 1.74 bits per heavy atom. The second kappa shape index (κ2) is 7.80. The predicted octanol–water partition coefficient (Wildman–Crippen LogP) is 3.56. The van der Waals surface area contributed by atoms with Gasteiger partial charge in [-0.1, -0.05) is 66.7 Å². The summed E-state index contributed by atoms with van der Waals surface area (Å²) in [5.74, 6) is 0.183. The summed E-state index contributed by atoms with van der Waals surface area (Å²) < 4.78 is 6.23. The molecule has 1 heterocycles. The number of benzene rings is 3. The second-order valence-corrected chi connectivity index (χ2v) is 7.05. The smallest absolute Gasteiger partial charge is 0.137 e. The maximum atomic E-state index is 11.3. The highest BCUT2D eigenvalue weighted by Crippen LogP contribution is 2.31. The van der Waals surface area contributed by atoms with Crippen LogP contribution in [0.4, 0.5) is 4.79 Å². The molecule has 0 aliphatic carbocycles. The predicted molar refractivity (Wildman–Crippen MR) is 103 cm³/mol. The summed E-state index contributed by atoms with van der Waals surface area (Å²) in [5.41, 5.74) is 2.28. The molecule has 0 N–H and O–H groups in total. The highest BCUT2D eigenvalue weighted by atomic mass is 16.5. The summed E-state index contributed by atoms with van der Waals surface area (Å²) in [6.07, 6.45) is -0.577. The highest BCUT2D eigenvalue weighted by molar-refractivity contribution is 5.82. The van der Waals surface area contributed by atoms with Crippen molar-refractivity contribution in [2.24, 2.45) is 0 Å². The van der Waals surface area contributed by atoms with Gasteiger partial charge in [-0.2, -0.15) is 0 Å². The van der Waals surface area contributed by atoms with Crippen molar-refractivity contribution < 1.29 is 14.6 Å². The Morgan fingerprint density at radius 1 is 1.00 bits per heavy atom. The lowest BCUT2D eigenvalue weighted by atomic mass is 9.87. The number of piperidine rings is 1. The number of amides is 1. The van der Waals surface area contributed by atoms with Gasteiger partial charge in [0.05, 0.1) is 12.7 Å². The van der Waals surface area contributed by atoms with Crippen LogP contribution in [0.2, 0.25) is 0 Å². The largest absolute Gasteiger partial charge is 0.530 e. The molecule has 0 bridgehead atoms. The average molecular weight is 360 g/mol. The maximum absolute atomic E-state index is 11.3. The Kier molecular flexibility index (Phi) is 5.07. The number of hydrogen-bond donors (Lipinski definition) is 0. The summed E-state index contributed by atoms with van der Waals surface area (Å²) in [6.45, 7) is 1.28. The first kappa shape index (κ1) is 17.6. The van der Waals surface area contributed by atoms with E-state index in [1.54, 1.807) is 0 Å². The van der Waals surface area contributed by atoms with E-state index < -0.39 is 6.09 Å². The molecule has 0 saturated carbocycles. The lowest BCUT2D eigenvalue weighted by Gasteiger charge is -2.40. The molecular formula is C23H22NO3-. The first-order chi connectivity index (χ1) is 13.2. The Balaban J connectivity index is 1.52. The lowest BCUT2D eigenvalue weighted by molar-refractivity contribution is -0.268. The fourth-order valence-electron chi connectivity index (χ4n) is 3.86. The van der Waals surface area contributed by atoms with Crippen molar-refractivity contribution in [3.05, 3.63) is 83.9 Å². The number of carboxylic acid groups (broad SMARTS) is 1. The monoisotopic (exact) mass is 360 g/mol. The van der Waals surface area contributed by atoms with Crippen molar-refractivity contribution in [1.29, 1.82) is 0 Å². The van der Waals surface area contributed by atoms with Gasteiger partial charge in [-0.15, -0.1) is 0 Å². The number of ether oxygens (including phenoxy) is 1. The number of carbonyl (C=O) groups excluding carboxylic acids is 1. The molecule has 1 aliphatic heterocycles. The van der Waals surface area contributed by atoms with Crippen molar-refractivity contribution in [2.45, 2.75) is 25.0 Å². The topological polar surface area (TPSA) is 52.6 Å². The molecular weight excluding hydrogens is 338 g/mol. The molecule has 0 spiro atoms. The number of carbonyl (C=O) groups is 1. The lowest BCUT2D eigenvalue weighted by Crippen LogP contribution is -2.51. The van der Waals surface area contributed by atoms with E-state index in [0.29, 0.717) is 19.7 Å². The van der Waals surface area contributed by atoms with Crippen molar-refractivity contribution in [3.63, 3.8) is 0 Å². The van der Waals surface area contributed by atoms with Crippen LogP contribution in [0.5, 0.6) is 0 Å². The molecule has 2 unspecified atom stereocenters. The molecule has 1 fully saturated rings. The summed E-state index contributed by atoms with van der Waals surface area (Å²) in [7, 11) is 0. The van der Waals surface area contributed by atoms with Gasteiger partial charge >= 0.3 is 0 Å². The molecule has 4 rings (SSSR count). The third kappa shape index (κ3) is 3.96. The van der Waals surface area contributed by atoms with E-state index in [1.807, 2.05) is 30.3 Å². The number of rotatable bonds is 4. The van der Waals surface area contributed by atoms with Crippen molar-refractivity contribution >= 4 is 16.9 Å². The molecule has 2 atom stereocenters. The van der Waals surface area contributed by atoms with Gasteiger partial charge in [0.15, 0.2) is 0 Å². The molecule has 0 radical (unpaired) electrons. The summed E-state index contributed by atoms with van der Waals surface area (Å²) in [4.78, 5) is 12.7. The van der Waals surface area contributed by atoms with E-state index >= 15 is 0 Å². The zero-order valence-electron chi connectivity index (χ0n) is 15.1. The maximum Gasteiger partial charge on any atom is 0.137 e. The molecule has 1 amide bonds. The summed E-state index contributed by atoms with van der Waals surface area (Å²) >= 11 is 0. The zero-order valence-corrected chi connectivity index (χ0v) is 15.1. The Hall–Kier alpha value is -2.85. The van der Waals surface area contributed by atoms with Crippen LogP contribution in [-0.2, 0) is 11.3 Å². The summed E-state index contributed by atoms with van der Waals surface area (Å²) in [5, 5.41) is 13.7. The molecule has 3 aromatic rings. The van der Waals surface area contributed by atoms with Crippen molar-refractivity contribution in [2.75, 3.05) is 13.1 Å². The molecule has 1 aliphatic rings. The van der Waals surface area contributed by atoms with E-state index in [2.05, 4.69) is 42.5 Å². The minimum absolute atomic E-state index is 0.183.